The van der Waals surface area contributed by atoms with Crippen LogP contribution in [0.4, 0.5) is 4.79 Å². The molecule has 218 valence electrons. The molecule has 0 atom stereocenters. The Morgan fingerprint density at radius 1 is 0.976 bits per heavy atom. The minimum atomic E-state index is -1.12. The number of rotatable bonds is 9. The number of hydrogen-bond donors (Lipinski definition) is 2. The van der Waals surface area contributed by atoms with Crippen molar-refractivity contribution in [3.8, 4) is 16.9 Å². The van der Waals surface area contributed by atoms with Crippen LogP contribution in [0.1, 0.15) is 50.3 Å². The quantitative estimate of drug-likeness (QED) is 0.280. The van der Waals surface area contributed by atoms with Crippen molar-refractivity contribution in [3.05, 3.63) is 93.9 Å². The first-order valence-corrected chi connectivity index (χ1v) is 14.1. The van der Waals surface area contributed by atoms with Crippen LogP contribution in [0.25, 0.3) is 17.2 Å². The Bertz CT molecular complexity index is 1480. The monoisotopic (exact) mass is 589 g/mol. The highest BCUT2D eigenvalue weighted by Gasteiger charge is 2.52. The number of aliphatic carboxylic acids is 1. The summed E-state index contributed by atoms with van der Waals surface area (Å²) in [5, 5.41) is 12.3. The number of nitrogens with one attached hydrogen (secondary N) is 1. The maximum atomic E-state index is 13.0. The van der Waals surface area contributed by atoms with Gasteiger partial charge in [-0.2, -0.15) is 0 Å². The van der Waals surface area contributed by atoms with E-state index in [1.54, 1.807) is 18.2 Å². The zero-order chi connectivity index (χ0) is 30.1. The predicted octanol–water partition coefficient (Wildman–Crippen LogP) is 6.36. The topological polar surface area (TPSA) is 103 Å². The van der Waals surface area contributed by atoms with Gasteiger partial charge in [0.2, 0.25) is 0 Å². The summed E-state index contributed by atoms with van der Waals surface area (Å²) in [5.74, 6) is -0.905. The predicted molar refractivity (Wildman–Crippen MR) is 162 cm³/mol. The number of carboxylic acids is 1. The lowest BCUT2D eigenvalue weighted by molar-refractivity contribution is -0.139. The molecule has 0 bridgehead atoms. The number of ether oxygens (including phenoxy) is 2. The number of fused-ring (bicyclic) bond motifs is 3. The molecule has 1 heterocycles. The van der Waals surface area contributed by atoms with Crippen LogP contribution in [0.15, 0.2) is 72.2 Å². The molecule has 5 rings (SSSR count). The smallest absolute Gasteiger partial charge is 0.481 e. The molecule has 1 aliphatic carbocycles. The van der Waals surface area contributed by atoms with Crippen LogP contribution in [0.2, 0.25) is 5.02 Å². The molecule has 0 aromatic heterocycles. The third-order valence-electron chi connectivity index (χ3n) is 8.00. The number of halogens is 1. The summed E-state index contributed by atoms with van der Waals surface area (Å²) in [5.41, 5.74) is 4.45. The van der Waals surface area contributed by atoms with Crippen LogP contribution < -0.4 is 10.1 Å². The second-order valence-corrected chi connectivity index (χ2v) is 11.8. The van der Waals surface area contributed by atoms with E-state index in [0.29, 0.717) is 16.1 Å². The van der Waals surface area contributed by atoms with E-state index in [9.17, 15) is 9.59 Å². The lowest BCUT2D eigenvalue weighted by Crippen LogP contribution is -2.41. The fraction of sp³-hybridized carbons (Fsp3) is 0.312. The Balaban J connectivity index is 1.34. The Hall–Kier alpha value is -3.79. The molecule has 0 spiro atoms. The van der Waals surface area contributed by atoms with E-state index in [-0.39, 0.29) is 24.8 Å². The zero-order valence-corrected chi connectivity index (χ0v) is 24.7. The van der Waals surface area contributed by atoms with Gasteiger partial charge in [0.25, 0.3) is 0 Å². The van der Waals surface area contributed by atoms with Gasteiger partial charge in [0.1, 0.15) is 12.4 Å². The molecule has 2 N–H and O–H groups in total. The Morgan fingerprint density at radius 3 is 2.17 bits per heavy atom. The van der Waals surface area contributed by atoms with Crippen molar-refractivity contribution in [2.45, 2.75) is 44.8 Å². The Kier molecular flexibility index (Phi) is 8.37. The number of alkyl carbamates (subject to hydrolysis) is 1. The van der Waals surface area contributed by atoms with Gasteiger partial charge in [-0.15, -0.1) is 0 Å². The molecule has 2 aliphatic rings. The number of carbonyl (C=O) groups is 2. The largest absolute Gasteiger partial charge is 0.492 e. The molecule has 0 saturated carbocycles. The maximum absolute atomic E-state index is 13.0. The second-order valence-electron chi connectivity index (χ2n) is 11.4. The molecule has 3 aromatic carbocycles. The van der Waals surface area contributed by atoms with E-state index >= 15 is 0 Å². The summed E-state index contributed by atoms with van der Waals surface area (Å²) >= 11 is 6.15. The average molecular weight is 590 g/mol. The molecular weight excluding hydrogens is 557 g/mol. The Labute approximate surface area is 250 Å². The van der Waals surface area contributed by atoms with Gasteiger partial charge < -0.3 is 29.2 Å². The van der Waals surface area contributed by atoms with Crippen molar-refractivity contribution in [2.75, 3.05) is 19.8 Å². The molecule has 3 aromatic rings. The Morgan fingerprint density at radius 2 is 1.57 bits per heavy atom. The van der Waals surface area contributed by atoms with E-state index in [2.05, 4.69) is 29.6 Å². The number of carboxylic acid groups (broad SMARTS) is 1. The van der Waals surface area contributed by atoms with Gasteiger partial charge in [0.05, 0.1) is 11.2 Å². The van der Waals surface area contributed by atoms with Crippen molar-refractivity contribution < 1.29 is 33.5 Å². The first kappa shape index (κ1) is 29.7. The normalized spacial score (nSPS) is 17.0. The third kappa shape index (κ3) is 6.18. The number of benzene rings is 3. The first-order valence-electron chi connectivity index (χ1n) is 13.7. The van der Waals surface area contributed by atoms with Crippen LogP contribution in [0.5, 0.6) is 5.75 Å². The van der Waals surface area contributed by atoms with Crippen LogP contribution in [-0.4, -0.2) is 55.2 Å². The molecule has 1 aliphatic heterocycles. The maximum Gasteiger partial charge on any atom is 0.492 e. The van der Waals surface area contributed by atoms with Crippen molar-refractivity contribution in [2.24, 2.45) is 0 Å². The summed E-state index contributed by atoms with van der Waals surface area (Å²) in [6, 6.07) is 21.2. The van der Waals surface area contributed by atoms with E-state index in [4.69, 9.17) is 35.5 Å². The summed E-state index contributed by atoms with van der Waals surface area (Å²) in [6.07, 6.45) is 1.16. The summed E-state index contributed by atoms with van der Waals surface area (Å²) in [4.78, 5) is 24.1. The van der Waals surface area contributed by atoms with Crippen molar-refractivity contribution >= 4 is 36.9 Å². The number of amides is 1. The van der Waals surface area contributed by atoms with Crippen LogP contribution in [0, 0.1) is 0 Å². The summed E-state index contributed by atoms with van der Waals surface area (Å²) < 4.78 is 23.7. The summed E-state index contributed by atoms with van der Waals surface area (Å²) in [6.45, 7) is 7.44. The minimum Gasteiger partial charge on any atom is -0.481 e. The fourth-order valence-corrected chi connectivity index (χ4v) is 5.27. The zero-order valence-electron chi connectivity index (χ0n) is 24.0. The highest BCUT2D eigenvalue weighted by molar-refractivity contribution is 6.56. The van der Waals surface area contributed by atoms with Gasteiger partial charge in [-0.05, 0) is 73.6 Å². The van der Waals surface area contributed by atoms with Gasteiger partial charge >= 0.3 is 19.2 Å². The standard InChI is InChI=1S/C32H33BClNO7/c1-31(2)32(3,4)42-33(41-31)21(15-20-13-14-22(34)16-28(20)39-19-29(36)37)17-35-30(38)40-18-27-25-11-7-5-9-23(25)24-10-6-8-12-26(24)27/h5-16,27H,17-19H2,1-4H3,(H,35,38)(H,36,37). The molecule has 1 saturated heterocycles. The van der Waals surface area contributed by atoms with Gasteiger partial charge in [-0.25, -0.2) is 9.59 Å². The van der Waals surface area contributed by atoms with Gasteiger partial charge in [0, 0.05) is 23.0 Å². The molecule has 0 unspecified atom stereocenters. The van der Waals surface area contributed by atoms with Gasteiger partial charge in [0.15, 0.2) is 6.61 Å². The molecule has 1 amide bonds. The van der Waals surface area contributed by atoms with Crippen LogP contribution in [-0.2, 0) is 18.8 Å². The van der Waals surface area contributed by atoms with Crippen molar-refractivity contribution in [3.63, 3.8) is 0 Å². The van der Waals surface area contributed by atoms with E-state index < -0.39 is 37.0 Å². The van der Waals surface area contributed by atoms with Crippen molar-refractivity contribution in [1.82, 2.24) is 5.32 Å². The van der Waals surface area contributed by atoms with Crippen molar-refractivity contribution in [1.29, 1.82) is 0 Å². The SMILES string of the molecule is CC1(C)OB(C(=Cc2ccc(Cl)cc2OCC(=O)O)CNC(=O)OCC2c3ccccc3-c3ccccc32)OC1(C)C. The molecule has 1 fully saturated rings. The highest BCUT2D eigenvalue weighted by Crippen LogP contribution is 2.44. The number of hydrogen-bond acceptors (Lipinski definition) is 6. The third-order valence-corrected chi connectivity index (χ3v) is 8.24. The lowest BCUT2D eigenvalue weighted by Gasteiger charge is -2.32. The molecule has 10 heteroatoms. The average Bonchev–Trinajstić information content (AvgIpc) is 3.38. The van der Waals surface area contributed by atoms with E-state index in [1.807, 2.05) is 52.0 Å². The molecule has 8 nitrogen and oxygen atoms in total. The van der Waals surface area contributed by atoms with Gasteiger partial charge in [-0.3, -0.25) is 0 Å². The first-order chi connectivity index (χ1) is 19.9. The summed E-state index contributed by atoms with van der Waals surface area (Å²) in [7, 11) is -0.785. The second kappa shape index (κ2) is 11.8. The lowest BCUT2D eigenvalue weighted by atomic mass is 9.77. The van der Waals surface area contributed by atoms with E-state index in [1.165, 1.54) is 6.07 Å². The molecule has 0 radical (unpaired) electrons. The van der Waals surface area contributed by atoms with Crippen LogP contribution >= 0.6 is 11.6 Å². The van der Waals surface area contributed by atoms with Gasteiger partial charge in [-0.1, -0.05) is 66.2 Å². The molecular formula is C32H33BClNO7. The van der Waals surface area contributed by atoms with Crippen LogP contribution in [0.3, 0.4) is 0 Å². The minimum absolute atomic E-state index is 0.0501. The van der Waals surface area contributed by atoms with E-state index in [0.717, 1.165) is 22.3 Å². The number of carbonyl (C=O) groups excluding carboxylic acids is 1. The molecule has 42 heavy (non-hydrogen) atoms. The fourth-order valence-electron chi connectivity index (χ4n) is 5.11. The highest BCUT2D eigenvalue weighted by atomic mass is 35.5.